The Morgan fingerprint density at radius 3 is 2.31 bits per heavy atom. The number of non-ortho nitro benzene ring substituents is 1. The summed E-state index contributed by atoms with van der Waals surface area (Å²) in [7, 11) is 0. The first-order valence-corrected chi connectivity index (χ1v) is 11.0. The maximum Gasteiger partial charge on any atom is 0.308 e. The van der Waals surface area contributed by atoms with Crippen molar-refractivity contribution in [2.75, 3.05) is 4.90 Å². The maximum absolute atomic E-state index is 13.3. The summed E-state index contributed by atoms with van der Waals surface area (Å²) in [6, 6.07) is 15.7. The first-order chi connectivity index (χ1) is 17.1. The third-order valence-corrected chi connectivity index (χ3v) is 6.00. The second kappa shape index (κ2) is 9.46. The summed E-state index contributed by atoms with van der Waals surface area (Å²) in [4.78, 5) is 49.8. The Bertz CT molecular complexity index is 1440. The van der Waals surface area contributed by atoms with Crippen LogP contribution in [0.4, 0.5) is 11.4 Å². The van der Waals surface area contributed by atoms with Crippen molar-refractivity contribution < 1.29 is 29.2 Å². The largest absolute Gasteiger partial charge is 0.507 e. The lowest BCUT2D eigenvalue weighted by molar-refractivity contribution is -0.384. The number of esters is 1. The van der Waals surface area contributed by atoms with Gasteiger partial charge >= 0.3 is 5.97 Å². The van der Waals surface area contributed by atoms with Gasteiger partial charge in [-0.3, -0.25) is 29.4 Å². The molecule has 1 amide bonds. The van der Waals surface area contributed by atoms with E-state index in [2.05, 4.69) is 0 Å². The highest BCUT2D eigenvalue weighted by Gasteiger charge is 2.47. The average Bonchev–Trinajstić information content (AvgIpc) is 3.11. The van der Waals surface area contributed by atoms with Crippen LogP contribution in [0.25, 0.3) is 5.76 Å². The Labute approximate surface area is 206 Å². The van der Waals surface area contributed by atoms with Gasteiger partial charge in [-0.25, -0.2) is 0 Å². The van der Waals surface area contributed by atoms with Crippen molar-refractivity contribution in [3.8, 4) is 5.75 Å². The highest BCUT2D eigenvalue weighted by molar-refractivity contribution is 6.51. The number of ketones is 1. The van der Waals surface area contributed by atoms with E-state index in [-0.39, 0.29) is 22.6 Å². The lowest BCUT2D eigenvalue weighted by Crippen LogP contribution is -2.29. The van der Waals surface area contributed by atoms with Gasteiger partial charge in [0.2, 0.25) is 0 Å². The number of carbonyl (C=O) groups is 3. The van der Waals surface area contributed by atoms with Crippen LogP contribution >= 0.6 is 0 Å². The molecule has 9 heteroatoms. The number of Topliss-reactive ketones (excluding diaryl/α,β-unsaturated/α-hetero) is 1. The normalized spacial score (nSPS) is 16.8. The fourth-order valence-electron chi connectivity index (χ4n) is 4.10. The molecule has 0 radical (unpaired) electrons. The van der Waals surface area contributed by atoms with Crippen LogP contribution in [-0.4, -0.2) is 27.7 Å². The van der Waals surface area contributed by atoms with Crippen molar-refractivity contribution in [2.24, 2.45) is 0 Å². The van der Waals surface area contributed by atoms with E-state index in [1.807, 2.05) is 19.9 Å². The van der Waals surface area contributed by atoms with Crippen LogP contribution in [0, 0.1) is 24.0 Å². The first kappa shape index (κ1) is 24.3. The number of aliphatic hydroxyl groups excluding tert-OH is 1. The van der Waals surface area contributed by atoms with E-state index >= 15 is 0 Å². The zero-order valence-electron chi connectivity index (χ0n) is 19.7. The van der Waals surface area contributed by atoms with Gasteiger partial charge in [0.05, 0.1) is 16.5 Å². The van der Waals surface area contributed by atoms with Crippen LogP contribution in [0.5, 0.6) is 5.75 Å². The zero-order chi connectivity index (χ0) is 26.1. The smallest absolute Gasteiger partial charge is 0.308 e. The van der Waals surface area contributed by atoms with E-state index in [4.69, 9.17) is 4.74 Å². The molecule has 0 bridgehead atoms. The first-order valence-electron chi connectivity index (χ1n) is 11.0. The Morgan fingerprint density at radius 2 is 1.69 bits per heavy atom. The molecule has 36 heavy (non-hydrogen) atoms. The number of amides is 1. The van der Waals surface area contributed by atoms with Gasteiger partial charge in [0, 0.05) is 30.3 Å². The average molecular weight is 486 g/mol. The quantitative estimate of drug-likeness (QED) is 0.105. The fourth-order valence-corrected chi connectivity index (χ4v) is 4.10. The number of carbonyl (C=O) groups excluding carboxylic acids is 3. The third kappa shape index (κ3) is 4.46. The van der Waals surface area contributed by atoms with Crippen molar-refractivity contribution in [2.45, 2.75) is 26.8 Å². The Kier molecular flexibility index (Phi) is 6.39. The molecule has 3 aromatic carbocycles. The van der Waals surface area contributed by atoms with Gasteiger partial charge in [0.1, 0.15) is 11.5 Å². The van der Waals surface area contributed by atoms with Crippen LogP contribution < -0.4 is 9.64 Å². The van der Waals surface area contributed by atoms with Crippen molar-refractivity contribution in [3.63, 3.8) is 0 Å². The number of nitro benzene ring substituents is 1. The van der Waals surface area contributed by atoms with E-state index in [0.717, 1.165) is 17.2 Å². The number of benzene rings is 3. The minimum absolute atomic E-state index is 0.0313. The number of nitro groups is 1. The third-order valence-electron chi connectivity index (χ3n) is 6.00. The molecule has 1 aliphatic heterocycles. The number of rotatable bonds is 5. The van der Waals surface area contributed by atoms with Crippen LogP contribution in [0.1, 0.15) is 35.2 Å². The summed E-state index contributed by atoms with van der Waals surface area (Å²) < 4.78 is 5.08. The van der Waals surface area contributed by atoms with Crippen molar-refractivity contribution in [3.05, 3.63) is 105 Å². The molecule has 1 heterocycles. The second-order valence-electron chi connectivity index (χ2n) is 8.41. The SMILES string of the molecule is CC(=O)Oc1ccc(C2/C(=C(/O)c3cccc([N+](=O)[O-])c3)C(=O)C(=O)N2c2ccc(C)c(C)c2)cc1. The van der Waals surface area contributed by atoms with Gasteiger partial charge in [0.25, 0.3) is 17.4 Å². The molecule has 1 saturated heterocycles. The molecule has 0 saturated carbocycles. The van der Waals surface area contributed by atoms with E-state index in [0.29, 0.717) is 11.3 Å². The van der Waals surface area contributed by atoms with Crippen LogP contribution in [0.3, 0.4) is 0 Å². The molecule has 3 aromatic rings. The minimum Gasteiger partial charge on any atom is -0.507 e. The molecule has 1 aliphatic rings. The molecule has 0 spiro atoms. The van der Waals surface area contributed by atoms with E-state index < -0.39 is 34.4 Å². The summed E-state index contributed by atoms with van der Waals surface area (Å²) in [6.45, 7) is 5.06. The number of hydrogen-bond acceptors (Lipinski definition) is 7. The number of aliphatic hydroxyl groups is 1. The molecule has 0 aliphatic carbocycles. The van der Waals surface area contributed by atoms with Crippen LogP contribution in [-0.2, 0) is 14.4 Å². The predicted molar refractivity (Wildman–Crippen MR) is 132 cm³/mol. The number of aryl methyl sites for hydroxylation is 2. The van der Waals surface area contributed by atoms with Crippen molar-refractivity contribution in [1.29, 1.82) is 0 Å². The minimum atomic E-state index is -1.03. The molecule has 0 aromatic heterocycles. The number of hydrogen-bond donors (Lipinski definition) is 1. The van der Waals surface area contributed by atoms with Gasteiger partial charge in [-0.1, -0.05) is 30.3 Å². The zero-order valence-corrected chi connectivity index (χ0v) is 19.7. The molecule has 1 N–H and O–H groups in total. The van der Waals surface area contributed by atoms with E-state index in [9.17, 15) is 29.6 Å². The predicted octanol–water partition coefficient (Wildman–Crippen LogP) is 4.76. The summed E-state index contributed by atoms with van der Waals surface area (Å²) in [5, 5.41) is 22.4. The summed E-state index contributed by atoms with van der Waals surface area (Å²) in [6.07, 6.45) is 0. The van der Waals surface area contributed by atoms with Crippen LogP contribution in [0.15, 0.2) is 72.3 Å². The number of nitrogens with zero attached hydrogens (tertiary/aromatic N) is 2. The Balaban J connectivity index is 1.92. The lowest BCUT2D eigenvalue weighted by Gasteiger charge is -2.26. The van der Waals surface area contributed by atoms with Gasteiger partial charge in [-0.05, 0) is 54.8 Å². The number of anilines is 1. The van der Waals surface area contributed by atoms with Crippen LogP contribution in [0.2, 0.25) is 0 Å². The maximum atomic E-state index is 13.3. The van der Waals surface area contributed by atoms with E-state index in [1.165, 1.54) is 42.2 Å². The Hall–Kier alpha value is -4.79. The Morgan fingerprint density at radius 1 is 1.00 bits per heavy atom. The van der Waals surface area contributed by atoms with Gasteiger partial charge in [-0.15, -0.1) is 0 Å². The summed E-state index contributed by atoms with van der Waals surface area (Å²) in [5.74, 6) is -2.54. The van der Waals surface area contributed by atoms with Gasteiger partial charge < -0.3 is 9.84 Å². The highest BCUT2D eigenvalue weighted by atomic mass is 16.6. The van der Waals surface area contributed by atoms with Gasteiger partial charge in [-0.2, -0.15) is 0 Å². The monoisotopic (exact) mass is 486 g/mol. The topological polar surface area (TPSA) is 127 Å². The summed E-state index contributed by atoms with van der Waals surface area (Å²) in [5.41, 5.74) is 2.36. The highest BCUT2D eigenvalue weighted by Crippen LogP contribution is 2.43. The standard InChI is InChI=1S/C27H22N2O7/c1-15-7-10-20(13-16(15)2)28-24(18-8-11-22(12-9-18)36-17(3)30)23(26(32)27(28)33)25(31)19-5-4-6-21(14-19)29(34)35/h4-14,24,31H,1-3H3/b25-23-. The van der Waals surface area contributed by atoms with Crippen molar-refractivity contribution in [1.82, 2.24) is 0 Å². The van der Waals surface area contributed by atoms with Crippen molar-refractivity contribution >= 4 is 34.8 Å². The molecule has 4 rings (SSSR count). The molecular formula is C27H22N2O7. The number of ether oxygens (including phenoxy) is 1. The molecule has 182 valence electrons. The second-order valence-corrected chi connectivity index (χ2v) is 8.41. The van der Waals surface area contributed by atoms with E-state index in [1.54, 1.807) is 24.3 Å². The molecular weight excluding hydrogens is 464 g/mol. The molecule has 9 nitrogen and oxygen atoms in total. The molecule has 1 atom stereocenters. The molecule has 1 unspecified atom stereocenters. The van der Waals surface area contributed by atoms with Gasteiger partial charge in [0.15, 0.2) is 0 Å². The molecule has 1 fully saturated rings. The fraction of sp³-hybridized carbons (Fsp3) is 0.148. The summed E-state index contributed by atoms with van der Waals surface area (Å²) >= 11 is 0. The lowest BCUT2D eigenvalue weighted by atomic mass is 9.94.